The van der Waals surface area contributed by atoms with Crippen molar-refractivity contribution in [3.05, 3.63) is 36.2 Å². The molecule has 2 aliphatic heterocycles. The van der Waals surface area contributed by atoms with E-state index in [4.69, 9.17) is 4.74 Å². The molecule has 0 bridgehead atoms. The highest BCUT2D eigenvalue weighted by Gasteiger charge is 2.18. The van der Waals surface area contributed by atoms with Gasteiger partial charge in [-0.05, 0) is 18.6 Å². The van der Waals surface area contributed by atoms with Crippen LogP contribution in [0.15, 0.2) is 36.2 Å². The van der Waals surface area contributed by atoms with Crippen LogP contribution >= 0.6 is 0 Å². The first-order valence-electron chi connectivity index (χ1n) is 4.34. The van der Waals surface area contributed by atoms with Crippen molar-refractivity contribution in [1.82, 2.24) is 5.32 Å². The molecule has 0 aromatic carbocycles. The zero-order chi connectivity index (χ0) is 8.23. The zero-order valence-corrected chi connectivity index (χ0v) is 6.99. The van der Waals surface area contributed by atoms with E-state index < -0.39 is 0 Å². The summed E-state index contributed by atoms with van der Waals surface area (Å²) in [5, 5.41) is 3.26. The topological polar surface area (TPSA) is 21.3 Å². The maximum Gasteiger partial charge on any atom is 0.0549 e. The van der Waals surface area contributed by atoms with E-state index in [0.717, 1.165) is 19.6 Å². The summed E-state index contributed by atoms with van der Waals surface area (Å²) in [5.41, 5.74) is 1.28. The quantitative estimate of drug-likeness (QED) is 0.633. The molecule has 2 nitrogen and oxygen atoms in total. The van der Waals surface area contributed by atoms with Crippen molar-refractivity contribution in [3.63, 3.8) is 0 Å². The molecule has 64 valence electrons. The van der Waals surface area contributed by atoms with Crippen LogP contribution in [0.4, 0.5) is 0 Å². The van der Waals surface area contributed by atoms with E-state index in [1.54, 1.807) is 0 Å². The fourth-order valence-electron chi connectivity index (χ4n) is 1.51. The van der Waals surface area contributed by atoms with Crippen LogP contribution in [-0.4, -0.2) is 13.2 Å². The van der Waals surface area contributed by atoms with Crippen LogP contribution in [0.2, 0.25) is 0 Å². The van der Waals surface area contributed by atoms with Gasteiger partial charge in [0.15, 0.2) is 0 Å². The summed E-state index contributed by atoms with van der Waals surface area (Å²) in [5.74, 6) is 0.567. The molecule has 0 amide bonds. The van der Waals surface area contributed by atoms with E-state index in [9.17, 15) is 0 Å². The van der Waals surface area contributed by atoms with Crippen LogP contribution in [0.1, 0.15) is 6.42 Å². The Morgan fingerprint density at radius 1 is 1.33 bits per heavy atom. The third kappa shape index (κ3) is 1.59. The highest BCUT2D eigenvalue weighted by Crippen LogP contribution is 2.20. The van der Waals surface area contributed by atoms with Crippen molar-refractivity contribution in [2.24, 2.45) is 5.92 Å². The molecule has 0 saturated carbocycles. The largest absolute Gasteiger partial charge is 0.381 e. The number of ether oxygens (including phenoxy) is 1. The van der Waals surface area contributed by atoms with Gasteiger partial charge in [0, 0.05) is 24.4 Å². The Morgan fingerprint density at radius 2 is 2.33 bits per heavy atom. The van der Waals surface area contributed by atoms with Crippen molar-refractivity contribution in [2.75, 3.05) is 13.2 Å². The van der Waals surface area contributed by atoms with Crippen LogP contribution in [0, 0.1) is 5.92 Å². The maximum absolute atomic E-state index is 5.32. The molecule has 0 aromatic rings. The van der Waals surface area contributed by atoms with Crippen molar-refractivity contribution < 1.29 is 4.74 Å². The van der Waals surface area contributed by atoms with Gasteiger partial charge in [0.2, 0.25) is 0 Å². The summed E-state index contributed by atoms with van der Waals surface area (Å²) in [6, 6.07) is 0. The Kier molecular flexibility index (Phi) is 2.28. The van der Waals surface area contributed by atoms with Gasteiger partial charge in [0.25, 0.3) is 0 Å². The molecule has 1 N–H and O–H groups in total. The third-order valence-electron chi connectivity index (χ3n) is 2.21. The average molecular weight is 163 g/mol. The minimum atomic E-state index is 0.567. The van der Waals surface area contributed by atoms with Crippen LogP contribution in [0.3, 0.4) is 0 Å². The Morgan fingerprint density at radius 3 is 3.17 bits per heavy atom. The summed E-state index contributed by atoms with van der Waals surface area (Å²) < 4.78 is 5.32. The number of hydrogen-bond donors (Lipinski definition) is 1. The predicted molar refractivity (Wildman–Crippen MR) is 48.4 cm³/mol. The number of hydrogen-bond acceptors (Lipinski definition) is 2. The SMILES string of the molecule is C1=CC=C(C2CCOC2)NC=C1. The van der Waals surface area contributed by atoms with Crippen molar-refractivity contribution in [2.45, 2.75) is 6.42 Å². The summed E-state index contributed by atoms with van der Waals surface area (Å²) in [7, 11) is 0. The van der Waals surface area contributed by atoms with Gasteiger partial charge in [0.1, 0.15) is 0 Å². The smallest absolute Gasteiger partial charge is 0.0549 e. The zero-order valence-electron chi connectivity index (χ0n) is 6.99. The second kappa shape index (κ2) is 3.59. The van der Waals surface area contributed by atoms with E-state index in [2.05, 4.69) is 17.5 Å². The number of allylic oxidation sites excluding steroid dienone is 4. The van der Waals surface area contributed by atoms with Gasteiger partial charge < -0.3 is 10.1 Å². The summed E-state index contributed by atoms with van der Waals surface area (Å²) in [6.45, 7) is 1.76. The van der Waals surface area contributed by atoms with Gasteiger partial charge in [-0.3, -0.25) is 0 Å². The first-order chi connectivity index (χ1) is 5.97. The minimum Gasteiger partial charge on any atom is -0.381 e. The minimum absolute atomic E-state index is 0.567. The summed E-state index contributed by atoms with van der Waals surface area (Å²) >= 11 is 0. The molecule has 1 atom stereocenters. The summed E-state index contributed by atoms with van der Waals surface area (Å²) in [6.07, 6.45) is 11.3. The molecule has 2 aliphatic rings. The van der Waals surface area contributed by atoms with Crippen LogP contribution in [-0.2, 0) is 4.74 Å². The third-order valence-corrected chi connectivity index (χ3v) is 2.21. The molecule has 2 rings (SSSR count). The van der Waals surface area contributed by atoms with Crippen LogP contribution < -0.4 is 5.32 Å². The van der Waals surface area contributed by atoms with Crippen molar-refractivity contribution >= 4 is 0 Å². The van der Waals surface area contributed by atoms with Gasteiger partial charge in [-0.2, -0.15) is 0 Å². The molecule has 2 heterocycles. The first kappa shape index (κ1) is 7.62. The highest BCUT2D eigenvalue weighted by molar-refractivity contribution is 5.23. The lowest BCUT2D eigenvalue weighted by molar-refractivity contribution is 0.189. The van der Waals surface area contributed by atoms with E-state index in [0.29, 0.717) is 5.92 Å². The molecule has 0 spiro atoms. The standard InChI is InChI=1S/C10H13NO/c1-2-4-10(11-6-3-1)9-5-7-12-8-9/h1-4,6,9,11H,5,7-8H2. The Hall–Kier alpha value is -1.02. The Labute approximate surface area is 72.6 Å². The molecule has 0 radical (unpaired) electrons. The predicted octanol–water partition coefficient (Wildman–Crippen LogP) is 1.58. The van der Waals surface area contributed by atoms with Crippen molar-refractivity contribution in [3.8, 4) is 0 Å². The lowest BCUT2D eigenvalue weighted by atomic mass is 10.0. The monoisotopic (exact) mass is 163 g/mol. The second-order valence-electron chi connectivity index (χ2n) is 3.07. The van der Waals surface area contributed by atoms with E-state index in [1.807, 2.05) is 18.4 Å². The van der Waals surface area contributed by atoms with Crippen molar-refractivity contribution in [1.29, 1.82) is 0 Å². The van der Waals surface area contributed by atoms with Crippen LogP contribution in [0.5, 0.6) is 0 Å². The molecule has 0 aromatic heterocycles. The molecule has 0 aliphatic carbocycles. The van der Waals surface area contributed by atoms with Gasteiger partial charge >= 0.3 is 0 Å². The van der Waals surface area contributed by atoms with E-state index in [-0.39, 0.29) is 0 Å². The van der Waals surface area contributed by atoms with Gasteiger partial charge in [-0.1, -0.05) is 12.2 Å². The highest BCUT2D eigenvalue weighted by atomic mass is 16.5. The first-order valence-corrected chi connectivity index (χ1v) is 4.34. The van der Waals surface area contributed by atoms with Crippen LogP contribution in [0.25, 0.3) is 0 Å². The molecular formula is C10H13NO. The van der Waals surface area contributed by atoms with E-state index in [1.165, 1.54) is 5.70 Å². The molecule has 1 fully saturated rings. The average Bonchev–Trinajstić information content (AvgIpc) is 2.48. The molecule has 2 heteroatoms. The summed E-state index contributed by atoms with van der Waals surface area (Å²) in [4.78, 5) is 0. The Bertz CT molecular complexity index is 234. The molecule has 12 heavy (non-hydrogen) atoms. The fourth-order valence-corrected chi connectivity index (χ4v) is 1.51. The fraction of sp³-hybridized carbons (Fsp3) is 0.400. The molecular weight excluding hydrogens is 150 g/mol. The van der Waals surface area contributed by atoms with E-state index >= 15 is 0 Å². The Balaban J connectivity index is 2.06. The van der Waals surface area contributed by atoms with Gasteiger partial charge in [-0.15, -0.1) is 0 Å². The normalized spacial score (nSPS) is 28.0. The number of nitrogens with one attached hydrogen (secondary N) is 1. The second-order valence-corrected chi connectivity index (χ2v) is 3.07. The number of rotatable bonds is 1. The van der Waals surface area contributed by atoms with Gasteiger partial charge in [-0.25, -0.2) is 0 Å². The lowest BCUT2D eigenvalue weighted by Crippen LogP contribution is -2.15. The van der Waals surface area contributed by atoms with Gasteiger partial charge in [0.05, 0.1) is 6.61 Å². The molecule has 1 unspecified atom stereocenters. The molecule has 1 saturated heterocycles. The lowest BCUT2D eigenvalue weighted by Gasteiger charge is -2.11. The maximum atomic E-state index is 5.32.